The maximum absolute atomic E-state index is 9.91. The quantitative estimate of drug-likeness (QED) is 0.799. The zero-order chi connectivity index (χ0) is 12.2. The Hall–Kier alpha value is -0.0800. The van der Waals surface area contributed by atoms with Gasteiger partial charge in [-0.15, -0.1) is 0 Å². The Kier molecular flexibility index (Phi) is 5.26. The van der Waals surface area contributed by atoms with Crippen LogP contribution < -0.4 is 0 Å². The number of ether oxygens (including phenoxy) is 1. The Balaban J connectivity index is 2.27. The van der Waals surface area contributed by atoms with Crippen molar-refractivity contribution in [2.75, 3.05) is 6.61 Å². The fourth-order valence-electron chi connectivity index (χ4n) is 2.24. The van der Waals surface area contributed by atoms with E-state index < -0.39 is 0 Å². The first-order chi connectivity index (χ1) is 7.43. The molecule has 1 fully saturated rings. The van der Waals surface area contributed by atoms with Gasteiger partial charge in [0.05, 0.1) is 18.8 Å². The Labute approximate surface area is 100 Å². The molecular formula is C14H28O2. The van der Waals surface area contributed by atoms with Gasteiger partial charge in [-0.2, -0.15) is 0 Å². The molecule has 1 N–H and O–H groups in total. The monoisotopic (exact) mass is 228 g/mol. The first-order valence-electron chi connectivity index (χ1n) is 6.73. The molecule has 0 aliphatic heterocycles. The Morgan fingerprint density at radius 3 is 2.56 bits per heavy atom. The van der Waals surface area contributed by atoms with Gasteiger partial charge < -0.3 is 9.84 Å². The molecule has 1 aliphatic carbocycles. The van der Waals surface area contributed by atoms with Crippen molar-refractivity contribution in [2.45, 2.75) is 72.0 Å². The Morgan fingerprint density at radius 1 is 1.31 bits per heavy atom. The van der Waals surface area contributed by atoms with E-state index in [9.17, 15) is 5.11 Å². The first-order valence-corrected chi connectivity index (χ1v) is 6.73. The smallest absolute Gasteiger partial charge is 0.0821 e. The van der Waals surface area contributed by atoms with Gasteiger partial charge in [-0.1, -0.05) is 47.0 Å². The van der Waals surface area contributed by atoms with Crippen LogP contribution >= 0.6 is 0 Å². The van der Waals surface area contributed by atoms with Gasteiger partial charge in [0.25, 0.3) is 0 Å². The van der Waals surface area contributed by atoms with Crippen LogP contribution in [-0.2, 0) is 4.74 Å². The van der Waals surface area contributed by atoms with Gasteiger partial charge in [0.15, 0.2) is 0 Å². The molecule has 3 atom stereocenters. The summed E-state index contributed by atoms with van der Waals surface area (Å²) in [7, 11) is 0. The van der Waals surface area contributed by atoms with Crippen molar-refractivity contribution in [1.29, 1.82) is 0 Å². The van der Waals surface area contributed by atoms with Gasteiger partial charge >= 0.3 is 0 Å². The highest BCUT2D eigenvalue weighted by Gasteiger charge is 2.26. The molecule has 1 rings (SSSR count). The molecule has 2 nitrogen and oxygen atoms in total. The number of aliphatic hydroxyl groups excluding tert-OH is 1. The topological polar surface area (TPSA) is 29.5 Å². The number of hydrogen-bond acceptors (Lipinski definition) is 2. The number of rotatable bonds is 4. The molecule has 0 heterocycles. The van der Waals surface area contributed by atoms with Crippen molar-refractivity contribution in [1.82, 2.24) is 0 Å². The molecule has 0 aromatic rings. The van der Waals surface area contributed by atoms with E-state index in [2.05, 4.69) is 27.7 Å². The van der Waals surface area contributed by atoms with Crippen LogP contribution in [0.5, 0.6) is 0 Å². The highest BCUT2D eigenvalue weighted by atomic mass is 16.5. The average molecular weight is 228 g/mol. The van der Waals surface area contributed by atoms with Crippen LogP contribution in [0.4, 0.5) is 0 Å². The molecule has 1 aliphatic rings. The maximum Gasteiger partial charge on any atom is 0.0821 e. The summed E-state index contributed by atoms with van der Waals surface area (Å²) in [4.78, 5) is 0. The van der Waals surface area contributed by atoms with Crippen LogP contribution in [0.3, 0.4) is 0 Å². The van der Waals surface area contributed by atoms with E-state index in [-0.39, 0.29) is 11.5 Å². The van der Waals surface area contributed by atoms with Crippen molar-refractivity contribution >= 4 is 0 Å². The normalized spacial score (nSPS) is 29.1. The predicted molar refractivity (Wildman–Crippen MR) is 67.5 cm³/mol. The van der Waals surface area contributed by atoms with Gasteiger partial charge in [-0.05, 0) is 24.2 Å². The van der Waals surface area contributed by atoms with Gasteiger partial charge in [0, 0.05) is 0 Å². The van der Waals surface area contributed by atoms with Crippen LogP contribution in [0.2, 0.25) is 0 Å². The van der Waals surface area contributed by atoms with E-state index in [4.69, 9.17) is 4.74 Å². The molecule has 96 valence electrons. The van der Waals surface area contributed by atoms with Gasteiger partial charge in [0.1, 0.15) is 0 Å². The summed E-state index contributed by atoms with van der Waals surface area (Å²) in [5, 5.41) is 9.91. The second-order valence-corrected chi connectivity index (χ2v) is 6.28. The van der Waals surface area contributed by atoms with E-state index >= 15 is 0 Å². The predicted octanol–water partition coefficient (Wildman–Crippen LogP) is 3.38. The van der Waals surface area contributed by atoms with Crippen LogP contribution in [0.25, 0.3) is 0 Å². The number of aliphatic hydroxyl groups is 1. The lowest BCUT2D eigenvalue weighted by Crippen LogP contribution is -2.34. The minimum absolute atomic E-state index is 0.0706. The molecule has 2 heteroatoms. The zero-order valence-corrected chi connectivity index (χ0v) is 11.3. The minimum atomic E-state index is -0.352. The van der Waals surface area contributed by atoms with Gasteiger partial charge in [0.2, 0.25) is 0 Å². The van der Waals surface area contributed by atoms with Crippen LogP contribution in [0, 0.1) is 11.3 Å². The summed E-state index contributed by atoms with van der Waals surface area (Å²) < 4.78 is 5.85. The highest BCUT2D eigenvalue weighted by molar-refractivity contribution is 4.76. The Morgan fingerprint density at radius 2 is 2.00 bits per heavy atom. The lowest BCUT2D eigenvalue weighted by molar-refractivity contribution is -0.0648. The van der Waals surface area contributed by atoms with Crippen LogP contribution in [0.15, 0.2) is 0 Å². The van der Waals surface area contributed by atoms with Gasteiger partial charge in [-0.25, -0.2) is 0 Å². The average Bonchev–Trinajstić information content (AvgIpc) is 2.25. The van der Waals surface area contributed by atoms with Crippen molar-refractivity contribution in [3.63, 3.8) is 0 Å². The van der Waals surface area contributed by atoms with Crippen LogP contribution in [0.1, 0.15) is 59.8 Å². The van der Waals surface area contributed by atoms with Gasteiger partial charge in [-0.3, -0.25) is 0 Å². The summed E-state index contributed by atoms with van der Waals surface area (Å²) in [5.74, 6) is 0.838. The SMILES string of the molecule is CCC1CCCC(OCC(O)C(C)(C)C)C1. The summed E-state index contributed by atoms with van der Waals surface area (Å²) in [6.45, 7) is 8.91. The molecule has 16 heavy (non-hydrogen) atoms. The minimum Gasteiger partial charge on any atom is -0.390 e. The van der Waals surface area contributed by atoms with E-state index in [1.807, 2.05) is 0 Å². The molecule has 3 unspecified atom stereocenters. The molecule has 0 aromatic carbocycles. The van der Waals surface area contributed by atoms with Crippen molar-refractivity contribution in [3.05, 3.63) is 0 Å². The van der Waals surface area contributed by atoms with E-state index in [1.54, 1.807) is 0 Å². The molecular weight excluding hydrogens is 200 g/mol. The van der Waals surface area contributed by atoms with Crippen LogP contribution in [-0.4, -0.2) is 23.9 Å². The molecule has 0 radical (unpaired) electrons. The third kappa shape index (κ3) is 4.42. The third-order valence-corrected chi connectivity index (χ3v) is 3.80. The number of hydrogen-bond donors (Lipinski definition) is 1. The fourth-order valence-corrected chi connectivity index (χ4v) is 2.24. The van der Waals surface area contributed by atoms with E-state index in [1.165, 1.54) is 32.1 Å². The zero-order valence-electron chi connectivity index (χ0n) is 11.3. The lowest BCUT2D eigenvalue weighted by Gasteiger charge is -2.31. The molecule has 0 spiro atoms. The standard InChI is InChI=1S/C14H28O2/c1-5-11-7-6-8-12(9-11)16-10-13(15)14(2,3)4/h11-13,15H,5-10H2,1-4H3. The lowest BCUT2D eigenvalue weighted by atomic mass is 9.85. The molecule has 0 amide bonds. The third-order valence-electron chi connectivity index (χ3n) is 3.80. The summed E-state index contributed by atoms with van der Waals surface area (Å²) >= 11 is 0. The molecule has 0 bridgehead atoms. The van der Waals surface area contributed by atoms with E-state index in [0.717, 1.165) is 5.92 Å². The second-order valence-electron chi connectivity index (χ2n) is 6.28. The summed E-state index contributed by atoms with van der Waals surface area (Å²) in [6.07, 6.45) is 6.31. The van der Waals surface area contributed by atoms with Crippen molar-refractivity contribution in [2.24, 2.45) is 11.3 Å². The van der Waals surface area contributed by atoms with E-state index in [0.29, 0.717) is 12.7 Å². The van der Waals surface area contributed by atoms with Crippen molar-refractivity contribution in [3.8, 4) is 0 Å². The molecule has 1 saturated carbocycles. The summed E-state index contributed by atoms with van der Waals surface area (Å²) in [5.41, 5.74) is -0.0706. The molecule has 0 aromatic heterocycles. The first kappa shape index (κ1) is 14.0. The fraction of sp³-hybridized carbons (Fsp3) is 1.00. The largest absolute Gasteiger partial charge is 0.390 e. The second kappa shape index (κ2) is 6.02. The van der Waals surface area contributed by atoms with Crippen molar-refractivity contribution < 1.29 is 9.84 Å². The maximum atomic E-state index is 9.91. The summed E-state index contributed by atoms with van der Waals surface area (Å²) in [6, 6.07) is 0. The Bertz CT molecular complexity index is 195. The molecule has 0 saturated heterocycles. The highest BCUT2D eigenvalue weighted by Crippen LogP contribution is 2.29.